The van der Waals surface area contributed by atoms with Crippen molar-refractivity contribution in [2.24, 2.45) is 0 Å². The molecular formula is C8H19INO2+. The highest BCUT2D eigenvalue weighted by Crippen LogP contribution is 1.95. The fourth-order valence-electron chi connectivity index (χ4n) is 0.851. The Hall–Kier alpha value is 0.610. The highest BCUT2D eigenvalue weighted by atomic mass is 127. The summed E-state index contributed by atoms with van der Waals surface area (Å²) >= 11 is 2.29. The van der Waals surface area contributed by atoms with Crippen LogP contribution in [0.3, 0.4) is 0 Å². The smallest absolute Gasteiger partial charge is 0.102 e. The zero-order chi connectivity index (χ0) is 9.45. The standard InChI is InChI=1S/C8H19INO2/c1-10(2,4-6-11)5-8-12-7-3-9/h11H,3-8H2,1-2H3/q+1. The number of likely N-dealkylation sites (N-methyl/N-ethyl adjacent to an activating group) is 1. The van der Waals surface area contributed by atoms with Gasteiger partial charge >= 0.3 is 0 Å². The van der Waals surface area contributed by atoms with Crippen molar-refractivity contribution in [3.63, 3.8) is 0 Å². The van der Waals surface area contributed by atoms with E-state index >= 15 is 0 Å². The van der Waals surface area contributed by atoms with Crippen LogP contribution in [0.2, 0.25) is 0 Å². The van der Waals surface area contributed by atoms with Crippen LogP contribution >= 0.6 is 22.6 Å². The molecule has 0 aromatic rings. The van der Waals surface area contributed by atoms with Gasteiger partial charge in [0.15, 0.2) is 0 Å². The van der Waals surface area contributed by atoms with Gasteiger partial charge in [-0.1, -0.05) is 22.6 Å². The summed E-state index contributed by atoms with van der Waals surface area (Å²) in [6, 6.07) is 0. The first-order valence-electron chi connectivity index (χ1n) is 4.19. The van der Waals surface area contributed by atoms with Crippen molar-refractivity contribution in [2.75, 3.05) is 51.4 Å². The molecule has 0 bridgehead atoms. The van der Waals surface area contributed by atoms with E-state index < -0.39 is 0 Å². The first-order chi connectivity index (χ1) is 5.62. The first-order valence-corrected chi connectivity index (χ1v) is 5.71. The number of quaternary nitrogens is 1. The molecule has 0 radical (unpaired) electrons. The van der Waals surface area contributed by atoms with E-state index in [4.69, 9.17) is 9.84 Å². The molecule has 3 nitrogen and oxygen atoms in total. The Bertz CT molecular complexity index is 109. The number of ether oxygens (including phenoxy) is 1. The maximum absolute atomic E-state index is 8.75. The quantitative estimate of drug-likeness (QED) is 0.320. The van der Waals surface area contributed by atoms with Crippen LogP contribution in [-0.2, 0) is 4.74 Å². The van der Waals surface area contributed by atoms with E-state index in [1.165, 1.54) is 0 Å². The molecule has 0 aromatic carbocycles. The predicted molar refractivity (Wildman–Crippen MR) is 58.6 cm³/mol. The predicted octanol–water partition coefficient (Wildman–Crippen LogP) is 0.507. The van der Waals surface area contributed by atoms with Gasteiger partial charge < -0.3 is 14.3 Å². The molecule has 0 atom stereocenters. The van der Waals surface area contributed by atoms with Gasteiger partial charge in [0.2, 0.25) is 0 Å². The molecule has 0 amide bonds. The van der Waals surface area contributed by atoms with Crippen molar-refractivity contribution in [2.45, 2.75) is 0 Å². The second-order valence-electron chi connectivity index (χ2n) is 3.41. The Kier molecular flexibility index (Phi) is 7.41. The Morgan fingerprint density at radius 2 is 1.92 bits per heavy atom. The van der Waals surface area contributed by atoms with E-state index in [1.54, 1.807) is 0 Å². The molecule has 0 aliphatic heterocycles. The fourth-order valence-corrected chi connectivity index (χ4v) is 1.16. The van der Waals surface area contributed by atoms with E-state index in [0.717, 1.165) is 35.2 Å². The molecule has 0 unspecified atom stereocenters. The van der Waals surface area contributed by atoms with Crippen LogP contribution in [0.4, 0.5) is 0 Å². The fraction of sp³-hybridized carbons (Fsp3) is 1.00. The molecule has 0 fully saturated rings. The molecule has 0 spiro atoms. The molecule has 4 heteroatoms. The summed E-state index contributed by atoms with van der Waals surface area (Å²) < 4.78 is 7.24. The Morgan fingerprint density at radius 3 is 2.42 bits per heavy atom. The van der Waals surface area contributed by atoms with Gasteiger partial charge in [-0.3, -0.25) is 0 Å². The van der Waals surface area contributed by atoms with E-state index in [0.29, 0.717) is 0 Å². The molecule has 0 rings (SSSR count). The maximum atomic E-state index is 8.75. The van der Waals surface area contributed by atoms with E-state index in [1.807, 2.05) is 0 Å². The maximum Gasteiger partial charge on any atom is 0.102 e. The molecule has 0 heterocycles. The minimum absolute atomic E-state index is 0.249. The van der Waals surface area contributed by atoms with Crippen molar-refractivity contribution in [1.82, 2.24) is 0 Å². The van der Waals surface area contributed by atoms with E-state index in [2.05, 4.69) is 36.7 Å². The van der Waals surface area contributed by atoms with Gasteiger partial charge in [0, 0.05) is 4.43 Å². The Balaban J connectivity index is 3.33. The van der Waals surface area contributed by atoms with Crippen LogP contribution in [0.1, 0.15) is 0 Å². The van der Waals surface area contributed by atoms with Crippen molar-refractivity contribution < 1.29 is 14.3 Å². The number of hydrogen-bond donors (Lipinski definition) is 1. The zero-order valence-corrected chi connectivity index (χ0v) is 10.1. The average molecular weight is 288 g/mol. The van der Waals surface area contributed by atoms with Crippen LogP contribution in [0.5, 0.6) is 0 Å². The summed E-state index contributed by atoms with van der Waals surface area (Å²) in [7, 11) is 4.20. The lowest BCUT2D eigenvalue weighted by Gasteiger charge is -2.28. The molecule has 0 aromatic heterocycles. The summed E-state index contributed by atoms with van der Waals surface area (Å²) in [6.07, 6.45) is 0. The largest absolute Gasteiger partial charge is 0.391 e. The third kappa shape index (κ3) is 7.27. The highest BCUT2D eigenvalue weighted by molar-refractivity contribution is 14.1. The number of alkyl halides is 1. The van der Waals surface area contributed by atoms with Crippen LogP contribution < -0.4 is 0 Å². The SMILES string of the molecule is C[N+](C)(CCO)CCOCCI. The summed E-state index contributed by atoms with van der Waals surface area (Å²) in [5, 5.41) is 8.75. The minimum atomic E-state index is 0.249. The monoisotopic (exact) mass is 288 g/mol. The highest BCUT2D eigenvalue weighted by Gasteiger charge is 2.12. The van der Waals surface area contributed by atoms with Crippen molar-refractivity contribution >= 4 is 22.6 Å². The van der Waals surface area contributed by atoms with Crippen LogP contribution in [0.25, 0.3) is 0 Å². The van der Waals surface area contributed by atoms with Crippen LogP contribution in [0.15, 0.2) is 0 Å². The summed E-state index contributed by atoms with van der Waals surface area (Å²) in [5.74, 6) is 0. The van der Waals surface area contributed by atoms with Crippen molar-refractivity contribution in [3.05, 3.63) is 0 Å². The van der Waals surface area contributed by atoms with Crippen LogP contribution in [0, 0.1) is 0 Å². The Morgan fingerprint density at radius 1 is 1.25 bits per heavy atom. The number of rotatable bonds is 7. The van der Waals surface area contributed by atoms with E-state index in [9.17, 15) is 0 Å². The number of aliphatic hydroxyl groups is 1. The second-order valence-corrected chi connectivity index (χ2v) is 4.49. The third-order valence-corrected chi connectivity index (χ3v) is 2.21. The minimum Gasteiger partial charge on any atom is -0.391 e. The van der Waals surface area contributed by atoms with Gasteiger partial charge in [0.25, 0.3) is 0 Å². The normalized spacial score (nSPS) is 12.0. The molecule has 1 N–H and O–H groups in total. The lowest BCUT2D eigenvalue weighted by Crippen LogP contribution is -2.44. The molecule has 0 aliphatic rings. The number of hydrogen-bond acceptors (Lipinski definition) is 2. The summed E-state index contributed by atoms with van der Waals surface area (Å²) in [6.45, 7) is 3.64. The molecule has 12 heavy (non-hydrogen) atoms. The molecule has 0 aliphatic carbocycles. The third-order valence-electron chi connectivity index (χ3n) is 1.77. The first kappa shape index (κ1) is 12.6. The lowest BCUT2D eigenvalue weighted by atomic mass is 10.4. The van der Waals surface area contributed by atoms with Crippen LogP contribution in [-0.4, -0.2) is 61.0 Å². The molecule has 74 valence electrons. The molecule has 0 saturated carbocycles. The number of nitrogens with zero attached hydrogens (tertiary/aromatic N) is 1. The Labute approximate surface area is 88.4 Å². The second kappa shape index (κ2) is 7.06. The molecule has 0 saturated heterocycles. The zero-order valence-electron chi connectivity index (χ0n) is 7.92. The number of halogens is 1. The lowest BCUT2D eigenvalue weighted by molar-refractivity contribution is -0.891. The van der Waals surface area contributed by atoms with E-state index in [-0.39, 0.29) is 6.61 Å². The number of aliphatic hydroxyl groups excluding tert-OH is 1. The van der Waals surface area contributed by atoms with Crippen molar-refractivity contribution in [1.29, 1.82) is 0 Å². The van der Waals surface area contributed by atoms with Gasteiger partial charge in [0.1, 0.15) is 13.1 Å². The van der Waals surface area contributed by atoms with Gasteiger partial charge in [-0.25, -0.2) is 0 Å². The van der Waals surface area contributed by atoms with Crippen molar-refractivity contribution in [3.8, 4) is 0 Å². The van der Waals surface area contributed by atoms with Gasteiger partial charge in [0.05, 0.1) is 33.9 Å². The summed E-state index contributed by atoms with van der Waals surface area (Å²) in [4.78, 5) is 0. The van der Waals surface area contributed by atoms with Gasteiger partial charge in [-0.2, -0.15) is 0 Å². The molecular weight excluding hydrogens is 269 g/mol. The van der Waals surface area contributed by atoms with Gasteiger partial charge in [-0.15, -0.1) is 0 Å². The summed E-state index contributed by atoms with van der Waals surface area (Å²) in [5.41, 5.74) is 0. The van der Waals surface area contributed by atoms with Gasteiger partial charge in [-0.05, 0) is 0 Å². The topological polar surface area (TPSA) is 29.5 Å². The average Bonchev–Trinajstić information content (AvgIpc) is 1.98.